The zero-order chi connectivity index (χ0) is 14.8. The standard InChI is InChI=1S/C16H19N5/c1-11-6-4-5-7-14(11)17-9-8-15-19-20-16-10-12(2)18-13(3)21(15)16/h4-7,10,17H,8-9H2,1-3H3. The van der Waals surface area contributed by atoms with E-state index >= 15 is 0 Å². The maximum Gasteiger partial charge on any atom is 0.164 e. The Labute approximate surface area is 124 Å². The summed E-state index contributed by atoms with van der Waals surface area (Å²) in [4.78, 5) is 4.48. The predicted molar refractivity (Wildman–Crippen MR) is 83.6 cm³/mol. The lowest BCUT2D eigenvalue weighted by molar-refractivity contribution is 0.835. The summed E-state index contributed by atoms with van der Waals surface area (Å²) < 4.78 is 2.02. The van der Waals surface area contributed by atoms with Crippen LogP contribution in [0.3, 0.4) is 0 Å². The smallest absolute Gasteiger partial charge is 0.164 e. The van der Waals surface area contributed by atoms with Crippen LogP contribution in [0, 0.1) is 20.8 Å². The lowest BCUT2D eigenvalue weighted by Crippen LogP contribution is -2.10. The van der Waals surface area contributed by atoms with Crippen LogP contribution in [0.15, 0.2) is 30.3 Å². The number of nitrogens with one attached hydrogen (secondary N) is 1. The van der Waals surface area contributed by atoms with Crippen molar-refractivity contribution in [3.05, 3.63) is 53.2 Å². The van der Waals surface area contributed by atoms with Gasteiger partial charge in [-0.3, -0.25) is 4.40 Å². The molecule has 21 heavy (non-hydrogen) atoms. The van der Waals surface area contributed by atoms with E-state index in [-0.39, 0.29) is 0 Å². The third-order valence-electron chi connectivity index (χ3n) is 3.56. The number of aryl methyl sites for hydroxylation is 3. The fourth-order valence-corrected chi connectivity index (χ4v) is 2.54. The SMILES string of the molecule is Cc1cc2nnc(CCNc3ccccc3C)n2c(C)n1. The molecule has 0 radical (unpaired) electrons. The summed E-state index contributed by atoms with van der Waals surface area (Å²) in [6, 6.07) is 10.2. The number of hydrogen-bond donors (Lipinski definition) is 1. The van der Waals surface area contributed by atoms with Crippen LogP contribution < -0.4 is 5.32 Å². The first kappa shape index (κ1) is 13.5. The van der Waals surface area contributed by atoms with Gasteiger partial charge in [0.05, 0.1) is 0 Å². The van der Waals surface area contributed by atoms with Crippen molar-refractivity contribution in [3.63, 3.8) is 0 Å². The van der Waals surface area contributed by atoms with Crippen molar-refractivity contribution < 1.29 is 0 Å². The molecule has 5 nitrogen and oxygen atoms in total. The van der Waals surface area contributed by atoms with E-state index in [0.29, 0.717) is 0 Å². The number of nitrogens with zero attached hydrogens (tertiary/aromatic N) is 4. The molecule has 0 unspecified atom stereocenters. The normalized spacial score (nSPS) is 11.0. The van der Waals surface area contributed by atoms with Crippen molar-refractivity contribution in [3.8, 4) is 0 Å². The van der Waals surface area contributed by atoms with E-state index < -0.39 is 0 Å². The van der Waals surface area contributed by atoms with Crippen LogP contribution in [0.4, 0.5) is 5.69 Å². The van der Waals surface area contributed by atoms with Crippen molar-refractivity contribution in [2.24, 2.45) is 0 Å². The van der Waals surface area contributed by atoms with E-state index in [2.05, 4.69) is 39.6 Å². The molecule has 5 heteroatoms. The number of fused-ring (bicyclic) bond motifs is 1. The molecule has 2 aromatic heterocycles. The van der Waals surface area contributed by atoms with Crippen molar-refractivity contribution >= 4 is 11.3 Å². The zero-order valence-electron chi connectivity index (χ0n) is 12.6. The summed E-state index contributed by atoms with van der Waals surface area (Å²) in [5, 5.41) is 12.0. The minimum atomic E-state index is 0.807. The van der Waals surface area contributed by atoms with E-state index in [0.717, 1.165) is 41.6 Å². The fraction of sp³-hybridized carbons (Fsp3) is 0.312. The molecule has 2 heterocycles. The first-order valence-electron chi connectivity index (χ1n) is 7.13. The summed E-state index contributed by atoms with van der Waals surface area (Å²) in [6.45, 7) is 6.88. The molecule has 0 fully saturated rings. The Balaban J connectivity index is 1.76. The second-order valence-electron chi connectivity index (χ2n) is 5.25. The molecule has 0 aliphatic heterocycles. The third kappa shape index (κ3) is 2.72. The minimum Gasteiger partial charge on any atom is -0.384 e. The Kier molecular flexibility index (Phi) is 3.56. The number of hydrogen-bond acceptors (Lipinski definition) is 4. The molecule has 0 aliphatic carbocycles. The molecule has 108 valence electrons. The Morgan fingerprint density at radius 1 is 1.10 bits per heavy atom. The zero-order valence-corrected chi connectivity index (χ0v) is 12.6. The predicted octanol–water partition coefficient (Wildman–Crippen LogP) is 2.70. The Morgan fingerprint density at radius 2 is 1.90 bits per heavy atom. The van der Waals surface area contributed by atoms with Crippen LogP contribution >= 0.6 is 0 Å². The van der Waals surface area contributed by atoms with Crippen LogP contribution in [-0.2, 0) is 6.42 Å². The number of para-hydroxylation sites is 1. The van der Waals surface area contributed by atoms with Gasteiger partial charge >= 0.3 is 0 Å². The molecule has 0 spiro atoms. The topological polar surface area (TPSA) is 55.1 Å². The van der Waals surface area contributed by atoms with Crippen molar-refractivity contribution in [1.82, 2.24) is 19.6 Å². The largest absolute Gasteiger partial charge is 0.384 e. The summed E-state index contributed by atoms with van der Waals surface area (Å²) in [6.07, 6.45) is 0.807. The van der Waals surface area contributed by atoms with E-state index in [1.807, 2.05) is 36.4 Å². The Bertz CT molecular complexity index is 775. The van der Waals surface area contributed by atoms with Gasteiger partial charge in [0, 0.05) is 30.4 Å². The Morgan fingerprint density at radius 3 is 2.71 bits per heavy atom. The Hall–Kier alpha value is -2.43. The maximum atomic E-state index is 4.48. The van der Waals surface area contributed by atoms with Gasteiger partial charge in [-0.25, -0.2) is 4.98 Å². The number of rotatable bonds is 4. The number of benzene rings is 1. The van der Waals surface area contributed by atoms with Gasteiger partial charge in [0.2, 0.25) is 0 Å². The first-order chi connectivity index (χ1) is 10.1. The fourth-order valence-electron chi connectivity index (χ4n) is 2.54. The van der Waals surface area contributed by atoms with Crippen molar-refractivity contribution in [1.29, 1.82) is 0 Å². The quantitative estimate of drug-likeness (QED) is 0.799. The molecule has 1 aromatic carbocycles. The van der Waals surface area contributed by atoms with Crippen LogP contribution in [0.2, 0.25) is 0 Å². The molecular weight excluding hydrogens is 262 g/mol. The first-order valence-corrected chi connectivity index (χ1v) is 7.13. The molecule has 1 N–H and O–H groups in total. The van der Waals surface area contributed by atoms with E-state index in [4.69, 9.17) is 0 Å². The van der Waals surface area contributed by atoms with Crippen LogP contribution in [-0.4, -0.2) is 26.1 Å². The van der Waals surface area contributed by atoms with E-state index in [1.165, 1.54) is 5.56 Å². The highest BCUT2D eigenvalue weighted by molar-refractivity contribution is 5.50. The van der Waals surface area contributed by atoms with Crippen molar-refractivity contribution in [2.45, 2.75) is 27.2 Å². The van der Waals surface area contributed by atoms with Gasteiger partial charge in [-0.1, -0.05) is 18.2 Å². The van der Waals surface area contributed by atoms with E-state index in [1.54, 1.807) is 0 Å². The summed E-state index contributed by atoms with van der Waals surface area (Å²) >= 11 is 0. The van der Waals surface area contributed by atoms with Gasteiger partial charge in [-0.2, -0.15) is 0 Å². The average molecular weight is 281 g/mol. The molecule has 3 rings (SSSR count). The molecule has 0 amide bonds. The van der Waals surface area contributed by atoms with Gasteiger partial charge in [0.1, 0.15) is 11.6 Å². The average Bonchev–Trinajstić information content (AvgIpc) is 2.84. The van der Waals surface area contributed by atoms with Gasteiger partial charge in [-0.15, -0.1) is 10.2 Å². The third-order valence-corrected chi connectivity index (χ3v) is 3.56. The summed E-state index contributed by atoms with van der Waals surface area (Å²) in [7, 11) is 0. The van der Waals surface area contributed by atoms with Crippen LogP contribution in [0.1, 0.15) is 22.9 Å². The summed E-state index contributed by atoms with van der Waals surface area (Å²) in [5.74, 6) is 1.87. The monoisotopic (exact) mass is 281 g/mol. The van der Waals surface area contributed by atoms with Crippen LogP contribution in [0.25, 0.3) is 5.65 Å². The van der Waals surface area contributed by atoms with Gasteiger partial charge in [-0.05, 0) is 32.4 Å². The second kappa shape index (κ2) is 5.52. The van der Waals surface area contributed by atoms with Gasteiger partial charge in [0.15, 0.2) is 5.65 Å². The molecule has 0 bridgehead atoms. The lowest BCUT2D eigenvalue weighted by Gasteiger charge is -2.09. The van der Waals surface area contributed by atoms with Gasteiger partial charge < -0.3 is 5.32 Å². The summed E-state index contributed by atoms with van der Waals surface area (Å²) in [5.41, 5.74) is 4.25. The minimum absolute atomic E-state index is 0.807. The number of anilines is 1. The second-order valence-corrected chi connectivity index (χ2v) is 5.25. The molecule has 0 saturated heterocycles. The van der Waals surface area contributed by atoms with Crippen molar-refractivity contribution in [2.75, 3.05) is 11.9 Å². The highest BCUT2D eigenvalue weighted by Gasteiger charge is 2.09. The molecular formula is C16H19N5. The van der Waals surface area contributed by atoms with E-state index in [9.17, 15) is 0 Å². The molecule has 0 saturated carbocycles. The molecule has 3 aromatic rings. The maximum absolute atomic E-state index is 4.48. The highest BCUT2D eigenvalue weighted by Crippen LogP contribution is 2.13. The molecule has 0 aliphatic rings. The van der Waals surface area contributed by atoms with Crippen LogP contribution in [0.5, 0.6) is 0 Å². The lowest BCUT2D eigenvalue weighted by atomic mass is 10.2. The van der Waals surface area contributed by atoms with Gasteiger partial charge in [0.25, 0.3) is 0 Å². The molecule has 0 atom stereocenters. The highest BCUT2D eigenvalue weighted by atomic mass is 15.3. The number of aromatic nitrogens is 4.